The average molecular weight is 339 g/mol. The number of aromatic amines is 1. The van der Waals surface area contributed by atoms with Gasteiger partial charge in [0.25, 0.3) is 11.3 Å². The second-order valence-corrected chi connectivity index (χ2v) is 6.22. The number of fused-ring (bicyclic) bond motifs is 1. The molecule has 0 aliphatic rings. The van der Waals surface area contributed by atoms with Crippen molar-refractivity contribution in [3.05, 3.63) is 27.9 Å². The molecular weight excluding hydrogens is 318 g/mol. The van der Waals surface area contributed by atoms with Gasteiger partial charge in [0.2, 0.25) is 5.91 Å². The van der Waals surface area contributed by atoms with Crippen molar-refractivity contribution in [3.8, 4) is 0 Å². The van der Waals surface area contributed by atoms with Crippen LogP contribution in [0.2, 0.25) is 0 Å². The smallest absolute Gasteiger partial charge is 0.277 e. The minimum absolute atomic E-state index is 0.0877. The van der Waals surface area contributed by atoms with E-state index in [4.69, 9.17) is 0 Å². The number of nitrogens with one attached hydrogen (secondary N) is 2. The summed E-state index contributed by atoms with van der Waals surface area (Å²) in [6.45, 7) is 1.65. The minimum Gasteiger partial charge on any atom is -0.394 e. The fourth-order valence-electron chi connectivity index (χ4n) is 2.29. The Morgan fingerprint density at radius 2 is 2.35 bits per heavy atom. The molecule has 0 bridgehead atoms. The van der Waals surface area contributed by atoms with E-state index in [9.17, 15) is 14.7 Å². The monoisotopic (exact) mass is 339 g/mol. The number of aromatic nitrogens is 4. The summed E-state index contributed by atoms with van der Waals surface area (Å²) in [6.07, 6.45) is 4.56. The van der Waals surface area contributed by atoms with Gasteiger partial charge in [0, 0.05) is 12.0 Å². The van der Waals surface area contributed by atoms with Crippen LogP contribution in [0.15, 0.2) is 11.1 Å². The van der Waals surface area contributed by atoms with Crippen LogP contribution in [-0.4, -0.2) is 55.3 Å². The summed E-state index contributed by atoms with van der Waals surface area (Å²) in [5.74, 6) is 1.00. The first-order valence-electron chi connectivity index (χ1n) is 7.37. The summed E-state index contributed by atoms with van der Waals surface area (Å²) in [6, 6.07) is -0.245. The molecule has 0 saturated carbocycles. The highest BCUT2D eigenvalue weighted by atomic mass is 32.2. The average Bonchev–Trinajstić information content (AvgIpc) is 2.99. The maximum atomic E-state index is 12.3. The van der Waals surface area contributed by atoms with Gasteiger partial charge < -0.3 is 10.4 Å². The molecule has 2 aromatic rings. The quantitative estimate of drug-likeness (QED) is 0.618. The summed E-state index contributed by atoms with van der Waals surface area (Å²) in [5.41, 5.74) is 0.835. The van der Waals surface area contributed by atoms with Crippen LogP contribution in [0.3, 0.4) is 0 Å². The van der Waals surface area contributed by atoms with Crippen molar-refractivity contribution in [2.75, 3.05) is 18.6 Å². The van der Waals surface area contributed by atoms with Gasteiger partial charge in [-0.25, -0.2) is 9.97 Å². The Hall–Kier alpha value is -1.87. The lowest BCUT2D eigenvalue weighted by molar-refractivity contribution is -0.122. The summed E-state index contributed by atoms with van der Waals surface area (Å²) in [4.78, 5) is 32.5. The highest BCUT2D eigenvalue weighted by Crippen LogP contribution is 2.05. The van der Waals surface area contributed by atoms with Gasteiger partial charge in [-0.1, -0.05) is 0 Å². The number of carbonyl (C=O) groups excluding carboxylic acids is 1. The number of H-pyrrole nitrogens is 1. The maximum absolute atomic E-state index is 12.3. The number of rotatable bonds is 8. The zero-order valence-electron chi connectivity index (χ0n) is 13.2. The van der Waals surface area contributed by atoms with Crippen LogP contribution in [0.4, 0.5) is 0 Å². The van der Waals surface area contributed by atoms with E-state index in [1.165, 1.54) is 10.8 Å². The van der Waals surface area contributed by atoms with Crippen molar-refractivity contribution in [2.24, 2.45) is 0 Å². The van der Waals surface area contributed by atoms with Gasteiger partial charge in [-0.05, 0) is 31.8 Å². The molecule has 0 aromatic carbocycles. The van der Waals surface area contributed by atoms with Gasteiger partial charge in [-0.15, -0.1) is 0 Å². The molecule has 2 rings (SSSR count). The minimum atomic E-state index is -0.245. The van der Waals surface area contributed by atoms with Crippen LogP contribution < -0.4 is 10.9 Å². The normalized spacial score (nSPS) is 12.5. The van der Waals surface area contributed by atoms with Crippen molar-refractivity contribution in [1.82, 2.24) is 24.9 Å². The van der Waals surface area contributed by atoms with Crippen LogP contribution in [0.5, 0.6) is 0 Å². The molecule has 0 saturated heterocycles. The van der Waals surface area contributed by atoms with E-state index in [1.54, 1.807) is 18.7 Å². The predicted molar refractivity (Wildman–Crippen MR) is 88.7 cm³/mol. The van der Waals surface area contributed by atoms with Crippen molar-refractivity contribution < 1.29 is 9.90 Å². The Kier molecular flexibility index (Phi) is 6.17. The fraction of sp³-hybridized carbons (Fsp3) is 0.571. The lowest BCUT2D eigenvalue weighted by atomic mass is 10.1. The molecular formula is C14H21N5O3S. The van der Waals surface area contributed by atoms with E-state index < -0.39 is 0 Å². The first kappa shape index (κ1) is 17.5. The Morgan fingerprint density at radius 1 is 1.57 bits per heavy atom. The SMILES string of the molecule is CSCC[C@H](CO)NC(=O)CCc1c(C)nc2nc[nH]n2c1=O. The number of aryl methyl sites for hydroxylation is 1. The van der Waals surface area contributed by atoms with Crippen LogP contribution >= 0.6 is 11.8 Å². The number of aliphatic hydroxyl groups excluding tert-OH is 1. The molecule has 0 fully saturated rings. The third kappa shape index (κ3) is 4.32. The summed E-state index contributed by atoms with van der Waals surface area (Å²) in [7, 11) is 0. The number of thioether (sulfide) groups is 1. The van der Waals surface area contributed by atoms with Gasteiger partial charge in [-0.3, -0.25) is 14.7 Å². The molecule has 8 nitrogen and oxygen atoms in total. The van der Waals surface area contributed by atoms with Gasteiger partial charge in [0.1, 0.15) is 6.33 Å². The van der Waals surface area contributed by atoms with Crippen molar-refractivity contribution >= 4 is 23.4 Å². The molecule has 2 aromatic heterocycles. The van der Waals surface area contributed by atoms with Crippen LogP contribution in [0.25, 0.3) is 5.78 Å². The molecule has 1 atom stereocenters. The second-order valence-electron chi connectivity index (χ2n) is 5.23. The van der Waals surface area contributed by atoms with E-state index in [2.05, 4.69) is 20.4 Å². The molecule has 2 heterocycles. The molecule has 126 valence electrons. The summed E-state index contributed by atoms with van der Waals surface area (Å²) >= 11 is 1.66. The molecule has 0 spiro atoms. The maximum Gasteiger partial charge on any atom is 0.277 e. The van der Waals surface area contributed by atoms with E-state index in [0.29, 0.717) is 29.9 Å². The molecule has 0 radical (unpaired) electrons. The first-order valence-corrected chi connectivity index (χ1v) is 8.77. The fourth-order valence-corrected chi connectivity index (χ4v) is 2.81. The lowest BCUT2D eigenvalue weighted by Gasteiger charge is -2.15. The molecule has 9 heteroatoms. The standard InChI is InChI=1S/C14H21N5O3S/c1-9-11(13(22)19-14(17-9)15-8-16-19)3-4-12(21)18-10(7-20)5-6-23-2/h8,10,20H,3-7H2,1-2H3,(H,18,21)(H,15,16,17)/t10-/m1/s1. The Bertz CT molecular complexity index is 727. The number of carbonyl (C=O) groups is 1. The summed E-state index contributed by atoms with van der Waals surface area (Å²) in [5, 5.41) is 14.8. The summed E-state index contributed by atoms with van der Waals surface area (Å²) < 4.78 is 1.26. The molecule has 23 heavy (non-hydrogen) atoms. The number of nitrogens with zero attached hydrogens (tertiary/aromatic N) is 3. The molecule has 0 aliphatic carbocycles. The topological polar surface area (TPSA) is 112 Å². The zero-order valence-corrected chi connectivity index (χ0v) is 14.0. The third-order valence-electron chi connectivity index (χ3n) is 3.59. The molecule has 0 unspecified atom stereocenters. The number of hydrogen-bond acceptors (Lipinski definition) is 6. The van der Waals surface area contributed by atoms with Gasteiger partial charge in [0.15, 0.2) is 0 Å². The largest absolute Gasteiger partial charge is 0.394 e. The number of amides is 1. The van der Waals surface area contributed by atoms with Crippen molar-refractivity contribution in [2.45, 2.75) is 32.2 Å². The Morgan fingerprint density at radius 3 is 3.04 bits per heavy atom. The number of aliphatic hydroxyl groups is 1. The van der Waals surface area contributed by atoms with E-state index in [-0.39, 0.29) is 30.5 Å². The lowest BCUT2D eigenvalue weighted by Crippen LogP contribution is -2.38. The highest BCUT2D eigenvalue weighted by molar-refractivity contribution is 7.98. The van der Waals surface area contributed by atoms with E-state index >= 15 is 0 Å². The van der Waals surface area contributed by atoms with Crippen molar-refractivity contribution in [1.29, 1.82) is 0 Å². The van der Waals surface area contributed by atoms with E-state index in [1.807, 2.05) is 6.26 Å². The molecule has 1 amide bonds. The van der Waals surface area contributed by atoms with E-state index in [0.717, 1.165) is 5.75 Å². The predicted octanol–water partition coefficient (Wildman–Crippen LogP) is -0.111. The van der Waals surface area contributed by atoms with Gasteiger partial charge >= 0.3 is 0 Å². The van der Waals surface area contributed by atoms with Crippen molar-refractivity contribution in [3.63, 3.8) is 0 Å². The molecule has 0 aliphatic heterocycles. The van der Waals surface area contributed by atoms with Crippen LogP contribution in [-0.2, 0) is 11.2 Å². The highest BCUT2D eigenvalue weighted by Gasteiger charge is 2.15. The van der Waals surface area contributed by atoms with Crippen LogP contribution in [0, 0.1) is 6.92 Å². The van der Waals surface area contributed by atoms with Gasteiger partial charge in [-0.2, -0.15) is 16.3 Å². The Balaban J connectivity index is 2.00. The first-order chi connectivity index (χ1) is 11.1. The Labute approximate surface area is 137 Å². The van der Waals surface area contributed by atoms with Gasteiger partial charge in [0.05, 0.1) is 18.3 Å². The number of hydrogen-bond donors (Lipinski definition) is 3. The van der Waals surface area contributed by atoms with Crippen LogP contribution in [0.1, 0.15) is 24.1 Å². The molecule has 3 N–H and O–H groups in total. The zero-order chi connectivity index (χ0) is 16.8. The third-order valence-corrected chi connectivity index (χ3v) is 4.23. The second kappa shape index (κ2) is 8.11.